The normalized spacial score (nSPS) is 11.3. The molecule has 2 aromatic heterocycles. The molecule has 3 N–H and O–H groups in total. The van der Waals surface area contributed by atoms with E-state index in [1.165, 1.54) is 6.92 Å². The molecule has 2 heterocycles. The molecule has 0 radical (unpaired) electrons. The third-order valence-corrected chi connectivity index (χ3v) is 5.15. The fourth-order valence-electron chi connectivity index (χ4n) is 3.71. The van der Waals surface area contributed by atoms with Crippen molar-refractivity contribution in [3.63, 3.8) is 0 Å². The van der Waals surface area contributed by atoms with Crippen LogP contribution < -0.4 is 14.8 Å². The van der Waals surface area contributed by atoms with Crippen LogP contribution in [0, 0.1) is 0 Å². The lowest BCUT2D eigenvalue weighted by Gasteiger charge is -2.17. The molecule has 28 heavy (non-hydrogen) atoms. The number of carbonyl (C=O) groups is 1. The summed E-state index contributed by atoms with van der Waals surface area (Å²) in [5.41, 5.74) is 4.26. The van der Waals surface area contributed by atoms with Gasteiger partial charge in [-0.05, 0) is 47.5 Å². The molecule has 2 aromatic carbocycles. The zero-order valence-electron chi connectivity index (χ0n) is 16.1. The van der Waals surface area contributed by atoms with Crippen molar-refractivity contribution >= 4 is 27.7 Å². The van der Waals surface area contributed by atoms with Gasteiger partial charge in [0.05, 0.1) is 14.2 Å². The van der Waals surface area contributed by atoms with Gasteiger partial charge in [-0.25, -0.2) is 0 Å². The summed E-state index contributed by atoms with van der Waals surface area (Å²) < 4.78 is 10.8. The maximum absolute atomic E-state index is 11.6. The van der Waals surface area contributed by atoms with Gasteiger partial charge in [-0.1, -0.05) is 0 Å². The van der Waals surface area contributed by atoms with Crippen LogP contribution in [0.15, 0.2) is 48.8 Å². The number of ether oxygens (including phenoxy) is 2. The Morgan fingerprint density at radius 1 is 0.929 bits per heavy atom. The van der Waals surface area contributed by atoms with Crippen molar-refractivity contribution in [2.45, 2.75) is 12.8 Å². The lowest BCUT2D eigenvalue weighted by atomic mass is 9.90. The van der Waals surface area contributed by atoms with Gasteiger partial charge in [0, 0.05) is 53.6 Å². The van der Waals surface area contributed by atoms with Crippen LogP contribution >= 0.6 is 0 Å². The average molecular weight is 377 g/mol. The Morgan fingerprint density at radius 2 is 1.43 bits per heavy atom. The molecule has 0 aliphatic heterocycles. The standard InChI is InChI=1S/C22H23N3O3/c1-13(26)23-10-20(18-11-24-21-6-4-14(27-2)8-16(18)21)19-12-25-22-7-5-15(28-3)9-17(19)22/h4-9,11-12,20,24-25H,10H2,1-3H3,(H,23,26). The molecule has 0 saturated carbocycles. The molecule has 0 aliphatic carbocycles. The summed E-state index contributed by atoms with van der Waals surface area (Å²) in [6, 6.07) is 11.9. The first-order valence-corrected chi connectivity index (χ1v) is 9.15. The Hall–Kier alpha value is -3.41. The predicted octanol–water partition coefficient (Wildman–Crippen LogP) is 3.93. The van der Waals surface area contributed by atoms with E-state index in [4.69, 9.17) is 9.47 Å². The number of fused-ring (bicyclic) bond motifs is 2. The topological polar surface area (TPSA) is 79.1 Å². The molecule has 6 heteroatoms. The van der Waals surface area contributed by atoms with Gasteiger partial charge in [0.1, 0.15) is 11.5 Å². The largest absolute Gasteiger partial charge is 0.497 e. The Kier molecular flexibility index (Phi) is 4.69. The third-order valence-electron chi connectivity index (χ3n) is 5.15. The van der Waals surface area contributed by atoms with Crippen molar-refractivity contribution in [3.05, 3.63) is 59.9 Å². The Labute approximate surface area is 162 Å². The summed E-state index contributed by atoms with van der Waals surface area (Å²) in [6.45, 7) is 2.03. The zero-order valence-corrected chi connectivity index (χ0v) is 16.1. The lowest BCUT2D eigenvalue weighted by Crippen LogP contribution is -2.26. The highest BCUT2D eigenvalue weighted by molar-refractivity contribution is 5.89. The van der Waals surface area contributed by atoms with E-state index < -0.39 is 0 Å². The number of aromatic amines is 2. The molecule has 0 unspecified atom stereocenters. The van der Waals surface area contributed by atoms with Gasteiger partial charge in [0.2, 0.25) is 5.91 Å². The Morgan fingerprint density at radius 3 is 1.86 bits per heavy atom. The maximum Gasteiger partial charge on any atom is 0.216 e. The fourth-order valence-corrected chi connectivity index (χ4v) is 3.71. The van der Waals surface area contributed by atoms with Crippen LogP contribution in [-0.2, 0) is 4.79 Å². The van der Waals surface area contributed by atoms with Crippen LogP contribution in [0.25, 0.3) is 21.8 Å². The van der Waals surface area contributed by atoms with E-state index in [0.717, 1.165) is 44.4 Å². The molecule has 0 bridgehead atoms. The van der Waals surface area contributed by atoms with Gasteiger partial charge in [0.25, 0.3) is 0 Å². The van der Waals surface area contributed by atoms with Crippen LogP contribution in [-0.4, -0.2) is 36.6 Å². The Balaban J connectivity index is 1.88. The summed E-state index contributed by atoms with van der Waals surface area (Å²) in [5, 5.41) is 5.13. The number of aromatic nitrogens is 2. The number of amides is 1. The van der Waals surface area contributed by atoms with Gasteiger partial charge < -0.3 is 24.8 Å². The van der Waals surface area contributed by atoms with Crippen LogP contribution in [0.2, 0.25) is 0 Å². The number of carbonyl (C=O) groups excluding carboxylic acids is 1. The first kappa shape index (κ1) is 18.0. The van der Waals surface area contributed by atoms with Gasteiger partial charge in [0.15, 0.2) is 0 Å². The van der Waals surface area contributed by atoms with Crippen LogP contribution in [0.4, 0.5) is 0 Å². The maximum atomic E-state index is 11.6. The van der Waals surface area contributed by atoms with Crippen molar-refractivity contribution < 1.29 is 14.3 Å². The van der Waals surface area contributed by atoms with Crippen LogP contribution in [0.3, 0.4) is 0 Å². The van der Waals surface area contributed by atoms with E-state index >= 15 is 0 Å². The molecule has 6 nitrogen and oxygen atoms in total. The van der Waals surface area contributed by atoms with Crippen LogP contribution in [0.1, 0.15) is 24.0 Å². The molecule has 0 saturated heterocycles. The van der Waals surface area contributed by atoms with E-state index in [-0.39, 0.29) is 11.8 Å². The number of rotatable bonds is 6. The van der Waals surface area contributed by atoms with E-state index in [1.807, 2.05) is 48.8 Å². The zero-order chi connectivity index (χ0) is 19.7. The molecule has 0 spiro atoms. The highest BCUT2D eigenvalue weighted by atomic mass is 16.5. The monoisotopic (exact) mass is 377 g/mol. The van der Waals surface area contributed by atoms with Gasteiger partial charge in [-0.2, -0.15) is 0 Å². The summed E-state index contributed by atoms with van der Waals surface area (Å²) in [6.07, 6.45) is 4.02. The summed E-state index contributed by atoms with van der Waals surface area (Å²) in [7, 11) is 3.32. The van der Waals surface area contributed by atoms with E-state index in [9.17, 15) is 4.79 Å². The van der Waals surface area contributed by atoms with Gasteiger partial charge in [-0.3, -0.25) is 4.79 Å². The molecule has 4 rings (SSSR count). The quantitative estimate of drug-likeness (QED) is 0.476. The van der Waals surface area contributed by atoms with Crippen molar-refractivity contribution in [3.8, 4) is 11.5 Å². The summed E-state index contributed by atoms with van der Waals surface area (Å²) >= 11 is 0. The van der Waals surface area contributed by atoms with E-state index in [0.29, 0.717) is 6.54 Å². The smallest absolute Gasteiger partial charge is 0.216 e. The second-order valence-corrected chi connectivity index (χ2v) is 6.80. The minimum absolute atomic E-state index is 0.0365. The SMILES string of the molecule is COc1ccc2[nH]cc(C(CNC(C)=O)c3c[nH]c4ccc(OC)cc34)c2c1. The number of hydrogen-bond acceptors (Lipinski definition) is 3. The number of nitrogens with one attached hydrogen (secondary N) is 3. The molecule has 144 valence electrons. The fraction of sp³-hybridized carbons (Fsp3) is 0.227. The van der Waals surface area contributed by atoms with Crippen molar-refractivity contribution in [1.29, 1.82) is 0 Å². The van der Waals surface area contributed by atoms with Gasteiger partial charge in [-0.15, -0.1) is 0 Å². The van der Waals surface area contributed by atoms with Crippen LogP contribution in [0.5, 0.6) is 11.5 Å². The molecule has 1 amide bonds. The van der Waals surface area contributed by atoms with Crippen molar-refractivity contribution in [2.24, 2.45) is 0 Å². The number of H-pyrrole nitrogens is 2. The second-order valence-electron chi connectivity index (χ2n) is 6.80. The molecule has 0 fully saturated rings. The first-order valence-electron chi connectivity index (χ1n) is 9.15. The molecular formula is C22H23N3O3. The minimum atomic E-state index is -0.0557. The molecule has 0 aliphatic rings. The lowest BCUT2D eigenvalue weighted by molar-refractivity contribution is -0.118. The minimum Gasteiger partial charge on any atom is -0.497 e. The van der Waals surface area contributed by atoms with E-state index in [2.05, 4.69) is 15.3 Å². The number of methoxy groups -OCH3 is 2. The predicted molar refractivity (Wildman–Crippen MR) is 110 cm³/mol. The van der Waals surface area contributed by atoms with Crippen molar-refractivity contribution in [2.75, 3.05) is 20.8 Å². The highest BCUT2D eigenvalue weighted by Gasteiger charge is 2.22. The van der Waals surface area contributed by atoms with E-state index in [1.54, 1.807) is 14.2 Å². The highest BCUT2D eigenvalue weighted by Crippen LogP contribution is 2.36. The molecular weight excluding hydrogens is 354 g/mol. The average Bonchev–Trinajstić information content (AvgIpc) is 3.32. The number of benzene rings is 2. The first-order chi connectivity index (χ1) is 13.6. The summed E-state index contributed by atoms with van der Waals surface area (Å²) in [5.74, 6) is 1.50. The van der Waals surface area contributed by atoms with Crippen molar-refractivity contribution in [1.82, 2.24) is 15.3 Å². The van der Waals surface area contributed by atoms with Gasteiger partial charge >= 0.3 is 0 Å². The molecule has 4 aromatic rings. The molecule has 0 atom stereocenters. The second kappa shape index (κ2) is 7.31. The summed E-state index contributed by atoms with van der Waals surface area (Å²) in [4.78, 5) is 18.3. The number of hydrogen-bond donors (Lipinski definition) is 3. The Bertz CT molecular complexity index is 1060. The third kappa shape index (κ3) is 3.17.